The Morgan fingerprint density at radius 3 is 2.36 bits per heavy atom. The average Bonchev–Trinajstić information content (AvgIpc) is 3.10. The number of hydrogen-bond acceptors (Lipinski definition) is 5. The topological polar surface area (TPSA) is 103 Å². The van der Waals surface area contributed by atoms with E-state index in [1.165, 1.54) is 0 Å². The molecule has 174 valence electrons. The van der Waals surface area contributed by atoms with Crippen molar-refractivity contribution in [1.82, 2.24) is 20.5 Å². The van der Waals surface area contributed by atoms with Crippen LogP contribution in [0.3, 0.4) is 0 Å². The van der Waals surface area contributed by atoms with Crippen LogP contribution in [-0.2, 0) is 10.3 Å². The maximum Gasteiger partial charge on any atom is 0.322 e. The van der Waals surface area contributed by atoms with Gasteiger partial charge < -0.3 is 15.5 Å². The molecular weight excluding hydrogens is 418 g/mol. The maximum absolute atomic E-state index is 13.1. The van der Waals surface area contributed by atoms with Crippen LogP contribution in [0.25, 0.3) is 0 Å². The van der Waals surface area contributed by atoms with E-state index in [0.29, 0.717) is 24.2 Å². The van der Waals surface area contributed by atoms with Gasteiger partial charge in [-0.15, -0.1) is 0 Å². The molecular formula is C25H31N5O3. The number of carbonyl (C=O) groups is 3. The molecule has 2 aliphatic heterocycles. The average molecular weight is 450 g/mol. The lowest BCUT2D eigenvalue weighted by Gasteiger charge is -2.33. The molecule has 1 atom stereocenters. The van der Waals surface area contributed by atoms with Gasteiger partial charge in [-0.3, -0.25) is 14.9 Å². The zero-order valence-corrected chi connectivity index (χ0v) is 19.6. The van der Waals surface area contributed by atoms with Crippen molar-refractivity contribution in [2.75, 3.05) is 18.4 Å². The van der Waals surface area contributed by atoms with E-state index in [4.69, 9.17) is 0 Å². The summed E-state index contributed by atoms with van der Waals surface area (Å²) in [5.74, 6) is 0.365. The van der Waals surface area contributed by atoms with Gasteiger partial charge in [0.1, 0.15) is 11.4 Å². The van der Waals surface area contributed by atoms with Crippen molar-refractivity contribution < 1.29 is 14.4 Å². The number of rotatable bonds is 5. The second-order valence-corrected chi connectivity index (χ2v) is 9.34. The summed E-state index contributed by atoms with van der Waals surface area (Å²) in [5, 5.41) is 8.61. The van der Waals surface area contributed by atoms with E-state index in [0.717, 1.165) is 29.8 Å². The zero-order chi connectivity index (χ0) is 23.8. The molecule has 0 saturated carbocycles. The molecule has 2 fully saturated rings. The first kappa shape index (κ1) is 22.8. The summed E-state index contributed by atoms with van der Waals surface area (Å²) in [6, 6.07) is 8.90. The van der Waals surface area contributed by atoms with Crippen LogP contribution in [0, 0.1) is 19.8 Å². The number of piperidine rings is 1. The highest BCUT2D eigenvalue weighted by Gasteiger charge is 2.50. The molecule has 2 aromatic rings. The number of nitrogens with one attached hydrogen (secondary N) is 3. The minimum absolute atomic E-state index is 0.0249. The zero-order valence-electron chi connectivity index (χ0n) is 19.6. The molecule has 0 unspecified atom stereocenters. The minimum atomic E-state index is -1.12. The second-order valence-electron chi connectivity index (χ2n) is 9.34. The fourth-order valence-corrected chi connectivity index (χ4v) is 4.76. The number of anilines is 1. The number of urea groups is 1. The Balaban J connectivity index is 1.40. The SMILES string of the molecule is Cc1cnc(NC2CCN(C(=O)c3ccc([C@@]4(C(C)C)NC(=O)NC4=O)cc3)CC2)c(C)c1. The lowest BCUT2D eigenvalue weighted by atomic mass is 9.79. The van der Waals surface area contributed by atoms with Gasteiger partial charge in [0.15, 0.2) is 0 Å². The third kappa shape index (κ3) is 4.29. The van der Waals surface area contributed by atoms with Gasteiger partial charge in [-0.1, -0.05) is 32.0 Å². The van der Waals surface area contributed by atoms with Crippen molar-refractivity contribution in [3.05, 3.63) is 58.8 Å². The number of amides is 4. The van der Waals surface area contributed by atoms with Gasteiger partial charge in [-0.05, 0) is 61.4 Å². The van der Waals surface area contributed by atoms with E-state index in [1.54, 1.807) is 24.3 Å². The Hall–Kier alpha value is -3.42. The Bertz CT molecular complexity index is 1070. The summed E-state index contributed by atoms with van der Waals surface area (Å²) in [4.78, 5) is 43.8. The largest absolute Gasteiger partial charge is 0.367 e. The Morgan fingerprint density at radius 1 is 1.15 bits per heavy atom. The molecule has 3 heterocycles. The number of benzene rings is 1. The summed E-state index contributed by atoms with van der Waals surface area (Å²) in [6.45, 7) is 9.18. The molecule has 8 nitrogen and oxygen atoms in total. The first-order chi connectivity index (χ1) is 15.7. The molecule has 0 spiro atoms. The molecule has 4 amide bonds. The number of imide groups is 1. The maximum atomic E-state index is 13.1. The predicted molar refractivity (Wildman–Crippen MR) is 126 cm³/mol. The van der Waals surface area contributed by atoms with Gasteiger partial charge in [-0.2, -0.15) is 0 Å². The van der Waals surface area contributed by atoms with Crippen LogP contribution in [0.4, 0.5) is 10.6 Å². The molecule has 2 aliphatic rings. The van der Waals surface area contributed by atoms with Crippen molar-refractivity contribution in [2.24, 2.45) is 5.92 Å². The minimum Gasteiger partial charge on any atom is -0.367 e. The lowest BCUT2D eigenvalue weighted by Crippen LogP contribution is -2.48. The van der Waals surface area contributed by atoms with Crippen molar-refractivity contribution in [2.45, 2.75) is 52.1 Å². The molecule has 0 radical (unpaired) electrons. The van der Waals surface area contributed by atoms with Gasteiger partial charge in [0.25, 0.3) is 11.8 Å². The van der Waals surface area contributed by atoms with Crippen molar-refractivity contribution in [3.8, 4) is 0 Å². The standard InChI is InChI=1S/C25H31N5O3/c1-15(2)25(23(32)28-24(33)29-25)19-7-5-18(6-8-19)22(31)30-11-9-20(10-12-30)27-21-17(4)13-16(3)14-26-21/h5-8,13-15,20H,9-12H2,1-4H3,(H,26,27)(H2,28,29,32,33)/t25-/m1/s1. The summed E-state index contributed by atoms with van der Waals surface area (Å²) in [5.41, 5.74) is 2.39. The van der Waals surface area contributed by atoms with E-state index in [9.17, 15) is 14.4 Å². The highest BCUT2D eigenvalue weighted by Crippen LogP contribution is 2.33. The number of hydrogen-bond donors (Lipinski definition) is 3. The summed E-state index contributed by atoms with van der Waals surface area (Å²) in [6.07, 6.45) is 3.56. The van der Waals surface area contributed by atoms with Crippen molar-refractivity contribution >= 4 is 23.7 Å². The number of aromatic nitrogens is 1. The monoisotopic (exact) mass is 449 g/mol. The highest BCUT2D eigenvalue weighted by molar-refractivity contribution is 6.07. The van der Waals surface area contributed by atoms with Crippen molar-refractivity contribution in [3.63, 3.8) is 0 Å². The normalized spacial score (nSPS) is 21.2. The summed E-state index contributed by atoms with van der Waals surface area (Å²) < 4.78 is 0. The predicted octanol–water partition coefficient (Wildman–Crippen LogP) is 3.11. The van der Waals surface area contributed by atoms with Crippen LogP contribution in [0.2, 0.25) is 0 Å². The number of nitrogens with zero attached hydrogens (tertiary/aromatic N) is 2. The van der Waals surface area contributed by atoms with Gasteiger partial charge in [0.2, 0.25) is 0 Å². The fraction of sp³-hybridized carbons (Fsp3) is 0.440. The Morgan fingerprint density at radius 2 is 1.82 bits per heavy atom. The van der Waals surface area contributed by atoms with E-state index >= 15 is 0 Å². The van der Waals surface area contributed by atoms with Crippen LogP contribution >= 0.6 is 0 Å². The Kier molecular flexibility index (Phi) is 6.10. The first-order valence-corrected chi connectivity index (χ1v) is 11.4. The van der Waals surface area contributed by atoms with Gasteiger partial charge in [-0.25, -0.2) is 9.78 Å². The smallest absolute Gasteiger partial charge is 0.322 e. The highest BCUT2D eigenvalue weighted by atomic mass is 16.2. The molecule has 33 heavy (non-hydrogen) atoms. The lowest BCUT2D eigenvalue weighted by molar-refractivity contribution is -0.125. The van der Waals surface area contributed by atoms with E-state index in [-0.39, 0.29) is 23.8 Å². The Labute approximate surface area is 194 Å². The summed E-state index contributed by atoms with van der Waals surface area (Å²) in [7, 11) is 0. The van der Waals surface area contributed by atoms with Crippen LogP contribution in [0.15, 0.2) is 36.5 Å². The third-order valence-corrected chi connectivity index (χ3v) is 6.69. The first-order valence-electron chi connectivity index (χ1n) is 11.4. The van der Waals surface area contributed by atoms with Crippen LogP contribution in [0.5, 0.6) is 0 Å². The fourth-order valence-electron chi connectivity index (χ4n) is 4.76. The molecule has 2 saturated heterocycles. The van der Waals surface area contributed by atoms with Gasteiger partial charge >= 0.3 is 6.03 Å². The quantitative estimate of drug-likeness (QED) is 0.609. The molecule has 3 N–H and O–H groups in total. The summed E-state index contributed by atoms with van der Waals surface area (Å²) >= 11 is 0. The second kappa shape index (κ2) is 8.84. The van der Waals surface area contributed by atoms with Gasteiger partial charge in [0.05, 0.1) is 0 Å². The molecule has 1 aromatic heterocycles. The van der Waals surface area contributed by atoms with Crippen LogP contribution in [-0.4, -0.2) is 46.9 Å². The molecule has 1 aromatic carbocycles. The van der Waals surface area contributed by atoms with E-state index in [2.05, 4.69) is 33.9 Å². The third-order valence-electron chi connectivity index (χ3n) is 6.69. The van der Waals surface area contributed by atoms with E-state index < -0.39 is 11.6 Å². The number of aryl methyl sites for hydroxylation is 2. The molecule has 0 bridgehead atoms. The number of pyridine rings is 1. The number of likely N-dealkylation sites (tertiary alicyclic amines) is 1. The number of carbonyl (C=O) groups excluding carboxylic acids is 3. The van der Waals surface area contributed by atoms with Gasteiger partial charge in [0, 0.05) is 30.9 Å². The van der Waals surface area contributed by atoms with Crippen LogP contribution < -0.4 is 16.0 Å². The molecule has 4 rings (SSSR count). The van der Waals surface area contributed by atoms with Crippen LogP contribution in [0.1, 0.15) is 53.7 Å². The molecule has 0 aliphatic carbocycles. The van der Waals surface area contributed by atoms with E-state index in [1.807, 2.05) is 31.9 Å². The molecule has 8 heteroatoms. The van der Waals surface area contributed by atoms with Crippen molar-refractivity contribution in [1.29, 1.82) is 0 Å².